The summed E-state index contributed by atoms with van der Waals surface area (Å²) in [6, 6.07) is 12.8. The minimum absolute atomic E-state index is 0.266. The number of carbonyl (C=O) groups excluding carboxylic acids is 1. The zero-order chi connectivity index (χ0) is 13.8. The Morgan fingerprint density at radius 1 is 0.947 bits per heavy atom. The summed E-state index contributed by atoms with van der Waals surface area (Å²) in [5.74, 6) is 0. The topological polar surface area (TPSA) is 41.1 Å². The number of urea groups is 1. The smallest absolute Gasteiger partial charge is 0.308 e. The Hall–Kier alpha value is -1.33. The fourth-order valence-corrected chi connectivity index (χ4v) is 2.14. The van der Waals surface area contributed by atoms with Crippen molar-refractivity contribution in [2.45, 2.75) is 6.92 Å². The predicted octanol–water partition coefficient (Wildman–Crippen LogP) is 5.16. The maximum Gasteiger partial charge on any atom is 0.323 e. The molecule has 2 N–H and O–H groups in total. The van der Waals surface area contributed by atoms with E-state index in [0.717, 1.165) is 25.9 Å². The van der Waals surface area contributed by atoms with E-state index < -0.39 is 0 Å². The van der Waals surface area contributed by atoms with Crippen LogP contribution in [0.4, 0.5) is 16.2 Å². The predicted molar refractivity (Wildman–Crippen MR) is 85.7 cm³/mol. The largest absolute Gasteiger partial charge is 0.323 e. The number of halogens is 2. The van der Waals surface area contributed by atoms with Gasteiger partial charge in [-0.1, -0.05) is 37.9 Å². The highest BCUT2D eigenvalue weighted by molar-refractivity contribution is 9.10. The van der Waals surface area contributed by atoms with E-state index >= 15 is 0 Å². The second-order valence-corrected chi connectivity index (χ2v) is 5.82. The van der Waals surface area contributed by atoms with Crippen LogP contribution >= 0.6 is 31.9 Å². The van der Waals surface area contributed by atoms with Gasteiger partial charge in [-0.15, -0.1) is 0 Å². The SMILES string of the molecule is Cc1ccc(NC(=O)Nc2ccc(Br)cc2)cc1Br. The van der Waals surface area contributed by atoms with Crippen molar-refractivity contribution in [3.05, 3.63) is 57.0 Å². The van der Waals surface area contributed by atoms with E-state index in [2.05, 4.69) is 42.5 Å². The first-order chi connectivity index (χ1) is 9.04. The Bertz CT molecular complexity index is 597. The van der Waals surface area contributed by atoms with Crippen LogP contribution in [-0.2, 0) is 0 Å². The van der Waals surface area contributed by atoms with Crippen LogP contribution in [0.15, 0.2) is 51.4 Å². The maximum atomic E-state index is 11.8. The lowest BCUT2D eigenvalue weighted by Crippen LogP contribution is -2.19. The molecule has 98 valence electrons. The number of benzene rings is 2. The highest BCUT2D eigenvalue weighted by Crippen LogP contribution is 2.21. The third-order valence-electron chi connectivity index (χ3n) is 2.53. The summed E-state index contributed by atoms with van der Waals surface area (Å²) in [6.07, 6.45) is 0. The highest BCUT2D eigenvalue weighted by Gasteiger charge is 2.04. The van der Waals surface area contributed by atoms with Crippen molar-refractivity contribution in [2.75, 3.05) is 10.6 Å². The van der Waals surface area contributed by atoms with Gasteiger partial charge in [0, 0.05) is 20.3 Å². The monoisotopic (exact) mass is 382 g/mol. The molecule has 0 radical (unpaired) electrons. The molecule has 0 aliphatic heterocycles. The summed E-state index contributed by atoms with van der Waals surface area (Å²) < 4.78 is 1.94. The molecule has 0 aliphatic carbocycles. The fraction of sp³-hybridized carbons (Fsp3) is 0.0714. The lowest BCUT2D eigenvalue weighted by Gasteiger charge is -2.09. The van der Waals surface area contributed by atoms with E-state index in [1.54, 1.807) is 0 Å². The number of nitrogens with one attached hydrogen (secondary N) is 2. The Balaban J connectivity index is 2.01. The Labute approximate surface area is 128 Å². The number of carbonyl (C=O) groups is 1. The number of anilines is 2. The third kappa shape index (κ3) is 4.08. The molecular weight excluding hydrogens is 372 g/mol. The van der Waals surface area contributed by atoms with E-state index in [9.17, 15) is 4.79 Å². The number of aryl methyl sites for hydroxylation is 1. The molecule has 0 saturated heterocycles. The van der Waals surface area contributed by atoms with E-state index in [-0.39, 0.29) is 6.03 Å². The average molecular weight is 384 g/mol. The summed E-state index contributed by atoms with van der Waals surface area (Å²) in [5, 5.41) is 5.55. The molecule has 2 aromatic carbocycles. The Morgan fingerprint density at radius 3 is 2.16 bits per heavy atom. The van der Waals surface area contributed by atoms with Crippen molar-refractivity contribution >= 4 is 49.3 Å². The highest BCUT2D eigenvalue weighted by atomic mass is 79.9. The van der Waals surface area contributed by atoms with Crippen LogP contribution in [0, 0.1) is 6.92 Å². The number of hydrogen-bond donors (Lipinski definition) is 2. The lowest BCUT2D eigenvalue weighted by atomic mass is 10.2. The number of amides is 2. The van der Waals surface area contributed by atoms with E-state index in [4.69, 9.17) is 0 Å². The fourth-order valence-electron chi connectivity index (χ4n) is 1.50. The molecular formula is C14H12Br2N2O. The number of rotatable bonds is 2. The summed E-state index contributed by atoms with van der Waals surface area (Å²) in [7, 11) is 0. The molecule has 0 spiro atoms. The van der Waals surface area contributed by atoms with Crippen molar-refractivity contribution < 1.29 is 4.79 Å². The van der Waals surface area contributed by atoms with Gasteiger partial charge >= 0.3 is 6.03 Å². The van der Waals surface area contributed by atoms with E-state index in [1.807, 2.05) is 49.4 Å². The van der Waals surface area contributed by atoms with E-state index in [1.165, 1.54) is 0 Å². The van der Waals surface area contributed by atoms with Crippen molar-refractivity contribution in [3.63, 3.8) is 0 Å². The summed E-state index contributed by atoms with van der Waals surface area (Å²) in [4.78, 5) is 11.8. The first-order valence-electron chi connectivity index (χ1n) is 5.64. The normalized spacial score (nSPS) is 10.1. The van der Waals surface area contributed by atoms with Gasteiger partial charge in [-0.2, -0.15) is 0 Å². The third-order valence-corrected chi connectivity index (χ3v) is 3.91. The molecule has 2 amide bonds. The first-order valence-corrected chi connectivity index (χ1v) is 7.23. The molecule has 0 aromatic heterocycles. The summed E-state index contributed by atoms with van der Waals surface area (Å²) in [6.45, 7) is 2.00. The second-order valence-electron chi connectivity index (χ2n) is 4.05. The molecule has 5 heteroatoms. The molecule has 0 heterocycles. The molecule has 0 saturated carbocycles. The second kappa shape index (κ2) is 6.21. The molecule has 2 rings (SSSR count). The van der Waals surface area contributed by atoms with Gasteiger partial charge in [-0.3, -0.25) is 0 Å². The molecule has 0 aliphatic rings. The van der Waals surface area contributed by atoms with Crippen molar-refractivity contribution in [1.29, 1.82) is 0 Å². The van der Waals surface area contributed by atoms with Crippen LogP contribution in [0.5, 0.6) is 0 Å². The molecule has 0 bridgehead atoms. The van der Waals surface area contributed by atoms with Crippen molar-refractivity contribution in [1.82, 2.24) is 0 Å². The first kappa shape index (κ1) is 14.1. The zero-order valence-corrected chi connectivity index (χ0v) is 13.4. The maximum absolute atomic E-state index is 11.8. The molecule has 3 nitrogen and oxygen atoms in total. The lowest BCUT2D eigenvalue weighted by molar-refractivity contribution is 0.262. The van der Waals surface area contributed by atoms with Crippen LogP contribution in [-0.4, -0.2) is 6.03 Å². The van der Waals surface area contributed by atoms with Gasteiger partial charge in [0.15, 0.2) is 0 Å². The van der Waals surface area contributed by atoms with E-state index in [0.29, 0.717) is 0 Å². The molecule has 0 unspecified atom stereocenters. The zero-order valence-electron chi connectivity index (χ0n) is 10.2. The van der Waals surface area contributed by atoms with Crippen molar-refractivity contribution in [3.8, 4) is 0 Å². The quantitative estimate of drug-likeness (QED) is 0.738. The average Bonchev–Trinajstić information content (AvgIpc) is 2.37. The van der Waals surface area contributed by atoms with Crippen LogP contribution in [0.1, 0.15) is 5.56 Å². The molecule has 19 heavy (non-hydrogen) atoms. The van der Waals surface area contributed by atoms with Gasteiger partial charge in [-0.05, 0) is 48.9 Å². The van der Waals surface area contributed by atoms with Gasteiger partial charge in [-0.25, -0.2) is 4.79 Å². The van der Waals surface area contributed by atoms with Gasteiger partial charge in [0.2, 0.25) is 0 Å². The minimum atomic E-state index is -0.266. The van der Waals surface area contributed by atoms with Gasteiger partial charge in [0.1, 0.15) is 0 Å². The number of hydrogen-bond acceptors (Lipinski definition) is 1. The minimum Gasteiger partial charge on any atom is -0.308 e. The van der Waals surface area contributed by atoms with Gasteiger partial charge in [0.25, 0.3) is 0 Å². The summed E-state index contributed by atoms with van der Waals surface area (Å²) in [5.41, 5.74) is 2.61. The molecule has 0 fully saturated rings. The van der Waals surface area contributed by atoms with Crippen molar-refractivity contribution in [2.24, 2.45) is 0 Å². The van der Waals surface area contributed by atoms with Gasteiger partial charge in [0.05, 0.1) is 0 Å². The summed E-state index contributed by atoms with van der Waals surface area (Å²) >= 11 is 6.78. The van der Waals surface area contributed by atoms with Crippen LogP contribution < -0.4 is 10.6 Å². The standard InChI is InChI=1S/C14H12Br2N2O/c1-9-2-5-12(8-13(9)16)18-14(19)17-11-6-3-10(15)4-7-11/h2-8H,1H3,(H2,17,18,19). The van der Waals surface area contributed by atoms with Crippen LogP contribution in [0.25, 0.3) is 0 Å². The van der Waals surface area contributed by atoms with Crippen LogP contribution in [0.3, 0.4) is 0 Å². The Morgan fingerprint density at radius 2 is 1.53 bits per heavy atom. The van der Waals surface area contributed by atoms with Gasteiger partial charge < -0.3 is 10.6 Å². The molecule has 2 aromatic rings. The van der Waals surface area contributed by atoms with Crippen LogP contribution in [0.2, 0.25) is 0 Å². The molecule has 0 atom stereocenters. The Kier molecular flexibility index (Phi) is 4.61.